The second-order valence-electron chi connectivity index (χ2n) is 3.35. The summed E-state index contributed by atoms with van der Waals surface area (Å²) < 4.78 is 26.3. The first-order chi connectivity index (χ1) is 7.65. The highest BCUT2D eigenvalue weighted by atomic mass is 32.2. The Bertz CT molecular complexity index is 590. The Labute approximate surface area is 93.1 Å². The van der Waals surface area contributed by atoms with Crippen molar-refractivity contribution in [2.24, 2.45) is 0 Å². The summed E-state index contributed by atoms with van der Waals surface area (Å²) in [7, 11) is -3.49. The average Bonchev–Trinajstić information content (AvgIpc) is 2.73. The first kappa shape index (κ1) is 11.0. The van der Waals surface area contributed by atoms with Gasteiger partial charge in [0, 0.05) is 6.54 Å². The van der Waals surface area contributed by atoms with Crippen molar-refractivity contribution in [3.63, 3.8) is 0 Å². The third kappa shape index (κ3) is 1.91. The van der Waals surface area contributed by atoms with Crippen molar-refractivity contribution in [1.29, 1.82) is 0 Å². The van der Waals surface area contributed by atoms with Gasteiger partial charge >= 0.3 is 0 Å². The molecule has 2 aromatic rings. The lowest BCUT2D eigenvalue weighted by atomic mass is 10.3. The molecule has 2 rings (SSSR count). The van der Waals surface area contributed by atoms with Crippen LogP contribution in [0.4, 0.5) is 0 Å². The molecule has 2 N–H and O–H groups in total. The highest BCUT2D eigenvalue weighted by molar-refractivity contribution is 7.89. The van der Waals surface area contributed by atoms with Gasteiger partial charge in [-0.25, -0.2) is 13.1 Å². The third-order valence-corrected chi connectivity index (χ3v) is 3.63. The predicted molar refractivity (Wildman–Crippen MR) is 59.4 cm³/mol. The van der Waals surface area contributed by atoms with Crippen LogP contribution in [0.2, 0.25) is 0 Å². The smallest absolute Gasteiger partial charge is 0.211 e. The van der Waals surface area contributed by atoms with E-state index in [1.165, 1.54) is 6.07 Å². The van der Waals surface area contributed by atoms with Gasteiger partial charge in [0.25, 0.3) is 0 Å². The van der Waals surface area contributed by atoms with Crippen LogP contribution in [0.5, 0.6) is 0 Å². The summed E-state index contributed by atoms with van der Waals surface area (Å²) in [5, 5.41) is 10.1. The van der Waals surface area contributed by atoms with E-state index in [4.69, 9.17) is 0 Å². The molecule has 0 radical (unpaired) electrons. The summed E-state index contributed by atoms with van der Waals surface area (Å²) in [5.74, 6) is 0. The molecule has 0 spiro atoms. The van der Waals surface area contributed by atoms with Crippen LogP contribution in [-0.4, -0.2) is 30.4 Å². The van der Waals surface area contributed by atoms with Crippen LogP contribution < -0.4 is 4.72 Å². The fourth-order valence-electron chi connectivity index (χ4n) is 1.37. The zero-order valence-electron chi connectivity index (χ0n) is 8.77. The Kier molecular flexibility index (Phi) is 2.88. The predicted octanol–water partition coefficient (Wildman–Crippen LogP) is 0.646. The molecule has 0 aliphatic rings. The summed E-state index contributed by atoms with van der Waals surface area (Å²) in [5.41, 5.74) is 0.908. The second kappa shape index (κ2) is 4.18. The first-order valence-corrected chi connectivity index (χ1v) is 6.42. The largest absolute Gasteiger partial charge is 0.242 e. The molecule has 1 aromatic carbocycles. The number of para-hydroxylation sites is 1. The minimum Gasteiger partial charge on any atom is -0.211 e. The Morgan fingerprint density at radius 3 is 2.94 bits per heavy atom. The molecule has 0 saturated carbocycles. The lowest BCUT2D eigenvalue weighted by Gasteiger charge is -2.05. The van der Waals surface area contributed by atoms with Crippen LogP contribution in [0.3, 0.4) is 0 Å². The van der Waals surface area contributed by atoms with E-state index in [1.807, 2.05) is 6.92 Å². The number of aromatic nitrogens is 3. The number of hydrogen-bond acceptors (Lipinski definition) is 4. The average molecular weight is 240 g/mol. The van der Waals surface area contributed by atoms with Crippen molar-refractivity contribution < 1.29 is 8.42 Å². The lowest BCUT2D eigenvalue weighted by Crippen LogP contribution is -2.24. The van der Waals surface area contributed by atoms with Crippen LogP contribution in [0.1, 0.15) is 13.3 Å². The minimum absolute atomic E-state index is 0.159. The van der Waals surface area contributed by atoms with Crippen molar-refractivity contribution in [2.45, 2.75) is 18.2 Å². The minimum atomic E-state index is -3.49. The zero-order chi connectivity index (χ0) is 11.6. The normalized spacial score (nSPS) is 12.1. The fourth-order valence-corrected chi connectivity index (χ4v) is 2.66. The Balaban J connectivity index is 2.50. The fraction of sp³-hybridized carbons (Fsp3) is 0.333. The lowest BCUT2D eigenvalue weighted by molar-refractivity contribution is 0.581. The number of nitrogens with one attached hydrogen (secondary N) is 2. The van der Waals surface area contributed by atoms with Crippen LogP contribution in [-0.2, 0) is 10.0 Å². The van der Waals surface area contributed by atoms with Gasteiger partial charge in [-0.15, -0.1) is 0 Å². The van der Waals surface area contributed by atoms with Gasteiger partial charge < -0.3 is 0 Å². The topological polar surface area (TPSA) is 87.7 Å². The number of hydrogen-bond donors (Lipinski definition) is 2. The van der Waals surface area contributed by atoms with Crippen LogP contribution >= 0.6 is 0 Å². The summed E-state index contributed by atoms with van der Waals surface area (Å²) >= 11 is 0. The summed E-state index contributed by atoms with van der Waals surface area (Å²) in [4.78, 5) is 0.159. The van der Waals surface area contributed by atoms with E-state index in [-0.39, 0.29) is 4.90 Å². The number of nitrogens with zero attached hydrogens (tertiary/aromatic N) is 2. The van der Waals surface area contributed by atoms with E-state index in [2.05, 4.69) is 20.1 Å². The van der Waals surface area contributed by atoms with E-state index < -0.39 is 10.0 Å². The maximum absolute atomic E-state index is 11.9. The Morgan fingerprint density at radius 1 is 1.38 bits per heavy atom. The van der Waals surface area contributed by atoms with Gasteiger partial charge in [0.1, 0.15) is 15.9 Å². The van der Waals surface area contributed by atoms with Gasteiger partial charge in [0.2, 0.25) is 10.0 Å². The van der Waals surface area contributed by atoms with Gasteiger partial charge in [-0.2, -0.15) is 15.4 Å². The molecule has 1 heterocycles. The van der Waals surface area contributed by atoms with Gasteiger partial charge in [0.05, 0.1) is 0 Å². The Hall–Kier alpha value is -1.47. The molecule has 0 atom stereocenters. The van der Waals surface area contributed by atoms with Crippen LogP contribution in [0, 0.1) is 0 Å². The molecular weight excluding hydrogens is 228 g/mol. The van der Waals surface area contributed by atoms with Crippen molar-refractivity contribution in [2.75, 3.05) is 6.54 Å². The van der Waals surface area contributed by atoms with Gasteiger partial charge in [-0.3, -0.25) is 0 Å². The van der Waals surface area contributed by atoms with Gasteiger partial charge in [-0.1, -0.05) is 13.0 Å². The molecule has 6 nitrogen and oxygen atoms in total. The number of fused-ring (bicyclic) bond motifs is 1. The standard InChI is InChI=1S/C9H12N4O2S/c1-2-6-10-16(14,15)8-5-3-4-7-9(8)12-13-11-7/h3-5,10H,2,6H2,1H3,(H,11,12,13). The van der Waals surface area contributed by atoms with Crippen molar-refractivity contribution in [3.8, 4) is 0 Å². The maximum atomic E-state index is 11.9. The second-order valence-corrected chi connectivity index (χ2v) is 5.08. The first-order valence-electron chi connectivity index (χ1n) is 4.94. The van der Waals surface area contributed by atoms with Crippen molar-refractivity contribution in [1.82, 2.24) is 20.1 Å². The highest BCUT2D eigenvalue weighted by Gasteiger charge is 2.18. The number of benzene rings is 1. The SMILES string of the molecule is CCCNS(=O)(=O)c1cccc2n[nH]nc12. The number of H-pyrrole nitrogens is 1. The molecule has 0 saturated heterocycles. The number of rotatable bonds is 4. The van der Waals surface area contributed by atoms with Gasteiger partial charge in [0.15, 0.2) is 0 Å². The molecule has 1 aromatic heterocycles. The van der Waals surface area contributed by atoms with E-state index in [1.54, 1.807) is 12.1 Å². The molecule has 0 aliphatic heterocycles. The zero-order valence-corrected chi connectivity index (χ0v) is 9.58. The highest BCUT2D eigenvalue weighted by Crippen LogP contribution is 2.18. The van der Waals surface area contributed by atoms with E-state index in [9.17, 15) is 8.42 Å². The number of sulfonamides is 1. The summed E-state index contributed by atoms with van der Waals surface area (Å²) in [6.45, 7) is 2.32. The van der Waals surface area contributed by atoms with Gasteiger partial charge in [-0.05, 0) is 18.6 Å². The molecule has 86 valence electrons. The molecule has 0 fully saturated rings. The quantitative estimate of drug-likeness (QED) is 0.821. The Morgan fingerprint density at radius 2 is 2.19 bits per heavy atom. The molecule has 0 unspecified atom stereocenters. The van der Waals surface area contributed by atoms with E-state index in [0.717, 1.165) is 6.42 Å². The molecule has 0 aliphatic carbocycles. The van der Waals surface area contributed by atoms with E-state index in [0.29, 0.717) is 17.6 Å². The summed E-state index contributed by atoms with van der Waals surface area (Å²) in [6, 6.07) is 4.87. The van der Waals surface area contributed by atoms with E-state index >= 15 is 0 Å². The third-order valence-electron chi connectivity index (χ3n) is 2.14. The molecule has 16 heavy (non-hydrogen) atoms. The van der Waals surface area contributed by atoms with Crippen molar-refractivity contribution >= 4 is 21.1 Å². The molecular formula is C9H12N4O2S. The van der Waals surface area contributed by atoms with Crippen LogP contribution in [0.25, 0.3) is 11.0 Å². The maximum Gasteiger partial charge on any atom is 0.242 e. The number of aromatic amines is 1. The van der Waals surface area contributed by atoms with Crippen LogP contribution in [0.15, 0.2) is 23.1 Å². The molecule has 7 heteroatoms. The molecule has 0 bridgehead atoms. The monoisotopic (exact) mass is 240 g/mol. The summed E-state index contributed by atoms with van der Waals surface area (Å²) in [6.07, 6.45) is 0.744. The van der Waals surface area contributed by atoms with Crippen molar-refractivity contribution in [3.05, 3.63) is 18.2 Å². The molecule has 0 amide bonds.